The average molecular weight is 426 g/mol. The van der Waals surface area contributed by atoms with Crippen LogP contribution in [0.4, 0.5) is 0 Å². The summed E-state index contributed by atoms with van der Waals surface area (Å²) in [6.07, 6.45) is 1.95. The van der Waals surface area contributed by atoms with Crippen molar-refractivity contribution in [1.29, 1.82) is 0 Å². The van der Waals surface area contributed by atoms with Gasteiger partial charge in [-0.25, -0.2) is 9.78 Å². The molecule has 0 spiro atoms. The van der Waals surface area contributed by atoms with E-state index in [1.54, 1.807) is 0 Å². The van der Waals surface area contributed by atoms with Crippen molar-refractivity contribution in [1.82, 2.24) is 24.8 Å². The predicted molar refractivity (Wildman–Crippen MR) is 120 cm³/mol. The number of rotatable bonds is 6. The van der Waals surface area contributed by atoms with Gasteiger partial charge in [0.05, 0.1) is 10.7 Å². The average Bonchev–Trinajstić information content (AvgIpc) is 2.69. The summed E-state index contributed by atoms with van der Waals surface area (Å²) in [6.45, 7) is 11.6. The van der Waals surface area contributed by atoms with Gasteiger partial charge in [0.25, 0.3) is 5.56 Å². The van der Waals surface area contributed by atoms with Gasteiger partial charge in [-0.15, -0.1) is 0 Å². The SMILES string of the molecule is C=c1nc2c(=O)[nH]c(=O)nc-2n(CCNCc2ccccc2Cl)/c1=C/C(C)=C(C)C. The third kappa shape index (κ3) is 4.75. The van der Waals surface area contributed by atoms with Crippen LogP contribution in [0.5, 0.6) is 0 Å². The van der Waals surface area contributed by atoms with Gasteiger partial charge in [0.15, 0.2) is 11.5 Å². The van der Waals surface area contributed by atoms with Gasteiger partial charge in [-0.3, -0.25) is 9.78 Å². The number of fused-ring (bicyclic) bond motifs is 1. The van der Waals surface area contributed by atoms with Crippen LogP contribution in [0.15, 0.2) is 45.0 Å². The molecule has 2 N–H and O–H groups in total. The number of hydrogen-bond acceptors (Lipinski definition) is 5. The van der Waals surface area contributed by atoms with Gasteiger partial charge in [0.2, 0.25) is 0 Å². The Labute approximate surface area is 178 Å². The van der Waals surface area contributed by atoms with E-state index in [-0.39, 0.29) is 11.5 Å². The lowest BCUT2D eigenvalue weighted by Crippen LogP contribution is -2.44. The molecule has 0 atom stereocenters. The Morgan fingerprint density at radius 2 is 1.97 bits per heavy atom. The molecule has 8 heteroatoms. The second-order valence-corrected chi connectivity index (χ2v) is 7.64. The van der Waals surface area contributed by atoms with Crippen molar-refractivity contribution in [2.45, 2.75) is 33.9 Å². The molecule has 0 aliphatic carbocycles. The predicted octanol–water partition coefficient (Wildman–Crippen LogP) is 1.42. The molecule has 0 aromatic heterocycles. The second kappa shape index (κ2) is 9.19. The number of aromatic amines is 1. The van der Waals surface area contributed by atoms with Crippen molar-refractivity contribution < 1.29 is 0 Å². The first-order valence-electron chi connectivity index (χ1n) is 9.57. The van der Waals surface area contributed by atoms with E-state index >= 15 is 0 Å². The third-order valence-corrected chi connectivity index (χ3v) is 5.24. The van der Waals surface area contributed by atoms with Crippen molar-refractivity contribution in [3.8, 4) is 11.5 Å². The first-order valence-corrected chi connectivity index (χ1v) is 9.95. The Kier molecular flexibility index (Phi) is 6.64. The number of nitrogens with zero attached hydrogens (tertiary/aromatic N) is 3. The number of aromatic nitrogens is 4. The number of allylic oxidation sites excluding steroid dienone is 2. The Hall–Kier alpha value is -3.03. The fourth-order valence-corrected chi connectivity index (χ4v) is 3.18. The van der Waals surface area contributed by atoms with E-state index in [1.807, 2.05) is 55.7 Å². The van der Waals surface area contributed by atoms with Crippen molar-refractivity contribution in [3.05, 3.63) is 77.5 Å². The number of H-pyrrole nitrogens is 1. The molecule has 0 fully saturated rings. The zero-order valence-corrected chi connectivity index (χ0v) is 18.0. The van der Waals surface area contributed by atoms with E-state index in [2.05, 4.69) is 26.8 Å². The summed E-state index contributed by atoms with van der Waals surface area (Å²) in [7, 11) is 0. The highest BCUT2D eigenvalue weighted by Gasteiger charge is 2.16. The zero-order valence-electron chi connectivity index (χ0n) is 17.3. The molecule has 1 aromatic rings. The molecule has 2 aliphatic rings. The van der Waals surface area contributed by atoms with Gasteiger partial charge in [-0.2, -0.15) is 4.98 Å². The molecule has 156 valence electrons. The van der Waals surface area contributed by atoms with Crippen molar-refractivity contribution in [3.63, 3.8) is 0 Å². The van der Waals surface area contributed by atoms with E-state index in [0.717, 1.165) is 16.7 Å². The van der Waals surface area contributed by atoms with Gasteiger partial charge in [-0.1, -0.05) is 47.5 Å². The molecule has 2 aliphatic heterocycles. The summed E-state index contributed by atoms with van der Waals surface area (Å²) in [4.78, 5) is 34.6. The maximum Gasteiger partial charge on any atom is 0.349 e. The molecule has 2 heterocycles. The van der Waals surface area contributed by atoms with Crippen LogP contribution in [0.3, 0.4) is 0 Å². The van der Waals surface area contributed by atoms with Gasteiger partial charge in [0.1, 0.15) is 0 Å². The summed E-state index contributed by atoms with van der Waals surface area (Å²) in [6, 6.07) is 7.63. The molecular formula is C22H24ClN5O2. The van der Waals surface area contributed by atoms with Crippen molar-refractivity contribution in [2.24, 2.45) is 0 Å². The van der Waals surface area contributed by atoms with E-state index in [9.17, 15) is 9.59 Å². The van der Waals surface area contributed by atoms with Crippen LogP contribution in [0, 0.1) is 0 Å². The molecule has 0 amide bonds. The van der Waals surface area contributed by atoms with Gasteiger partial charge in [0, 0.05) is 24.7 Å². The Morgan fingerprint density at radius 3 is 2.67 bits per heavy atom. The molecule has 0 bridgehead atoms. The molecule has 0 radical (unpaired) electrons. The summed E-state index contributed by atoms with van der Waals surface area (Å²) >= 11 is 6.21. The summed E-state index contributed by atoms with van der Waals surface area (Å²) in [5.41, 5.74) is 2.00. The fourth-order valence-electron chi connectivity index (χ4n) is 2.98. The summed E-state index contributed by atoms with van der Waals surface area (Å²) < 4.78 is 1.81. The molecule has 1 aromatic carbocycles. The lowest BCUT2D eigenvalue weighted by molar-refractivity contribution is 0.578. The molecule has 3 rings (SSSR count). The zero-order chi connectivity index (χ0) is 21.8. The summed E-state index contributed by atoms with van der Waals surface area (Å²) in [5, 5.41) is 5.19. The quantitative estimate of drug-likeness (QED) is 0.583. The van der Waals surface area contributed by atoms with Crippen LogP contribution in [0.1, 0.15) is 26.3 Å². The van der Waals surface area contributed by atoms with E-state index < -0.39 is 11.2 Å². The number of halogens is 1. The highest BCUT2D eigenvalue weighted by molar-refractivity contribution is 6.31. The lowest BCUT2D eigenvalue weighted by Gasteiger charge is -2.16. The third-order valence-electron chi connectivity index (χ3n) is 4.87. The lowest BCUT2D eigenvalue weighted by atomic mass is 10.1. The Balaban J connectivity index is 2.03. The first kappa shape index (κ1) is 21.7. The molecule has 0 unspecified atom stereocenters. The maximum atomic E-state index is 12.2. The standard InChI is InChI=1S/C22H24ClN5O2/c1-13(2)14(3)11-18-15(4)25-19-20(26-22(30)27-21(19)29)28(18)10-9-24-12-16-7-5-6-8-17(16)23/h5-8,11,24H,4,9-10,12H2,1-3H3,(H,27,29,30)/b18-11+. The van der Waals surface area contributed by atoms with Gasteiger partial charge >= 0.3 is 5.69 Å². The Bertz CT molecular complexity index is 1300. The highest BCUT2D eigenvalue weighted by atomic mass is 35.5. The van der Waals surface area contributed by atoms with Crippen LogP contribution in [-0.2, 0) is 13.1 Å². The van der Waals surface area contributed by atoms with E-state index in [4.69, 9.17) is 11.6 Å². The minimum absolute atomic E-state index is 0.0951. The van der Waals surface area contributed by atoms with E-state index in [0.29, 0.717) is 35.4 Å². The molecule has 30 heavy (non-hydrogen) atoms. The molecule has 0 saturated carbocycles. The van der Waals surface area contributed by atoms with Gasteiger partial charge in [-0.05, 0) is 38.5 Å². The number of nitrogens with one attached hydrogen (secondary N) is 2. The highest BCUT2D eigenvalue weighted by Crippen LogP contribution is 2.14. The van der Waals surface area contributed by atoms with Crippen LogP contribution in [0.25, 0.3) is 24.2 Å². The van der Waals surface area contributed by atoms with Crippen molar-refractivity contribution in [2.75, 3.05) is 6.54 Å². The Morgan fingerprint density at radius 1 is 1.23 bits per heavy atom. The number of hydrogen-bond donors (Lipinski definition) is 2. The monoisotopic (exact) mass is 425 g/mol. The second-order valence-electron chi connectivity index (χ2n) is 7.23. The molecule has 7 nitrogen and oxygen atoms in total. The van der Waals surface area contributed by atoms with E-state index in [1.165, 1.54) is 0 Å². The molecule has 0 saturated heterocycles. The van der Waals surface area contributed by atoms with Crippen LogP contribution >= 0.6 is 11.6 Å². The topological polar surface area (TPSA) is 92.7 Å². The first-order chi connectivity index (χ1) is 14.3. The van der Waals surface area contributed by atoms with Crippen LogP contribution in [-0.4, -0.2) is 26.1 Å². The minimum atomic E-state index is -0.700. The van der Waals surface area contributed by atoms with Crippen LogP contribution < -0.4 is 27.3 Å². The van der Waals surface area contributed by atoms with Crippen LogP contribution in [0.2, 0.25) is 5.02 Å². The normalized spacial score (nSPS) is 11.8. The van der Waals surface area contributed by atoms with Crippen molar-refractivity contribution >= 4 is 24.3 Å². The van der Waals surface area contributed by atoms with Gasteiger partial charge < -0.3 is 9.88 Å². The maximum absolute atomic E-state index is 12.2. The minimum Gasteiger partial charge on any atom is -0.321 e. The number of benzene rings is 1. The molecular weight excluding hydrogens is 402 g/mol. The largest absolute Gasteiger partial charge is 0.349 e. The smallest absolute Gasteiger partial charge is 0.321 e. The summed E-state index contributed by atoms with van der Waals surface area (Å²) in [5.74, 6) is 0.239. The fraction of sp³-hybridized carbons (Fsp3) is 0.273.